The normalized spacial score (nSPS) is 16.7. The summed E-state index contributed by atoms with van der Waals surface area (Å²) in [5, 5.41) is 7.60. The van der Waals surface area contributed by atoms with Crippen molar-refractivity contribution in [1.29, 1.82) is 5.41 Å². The number of halogens is 1. The van der Waals surface area contributed by atoms with Crippen LogP contribution in [0.3, 0.4) is 0 Å². The number of rotatable bonds is 4. The van der Waals surface area contributed by atoms with E-state index in [1.807, 2.05) is 0 Å². The van der Waals surface area contributed by atoms with Gasteiger partial charge >= 0.3 is 0 Å². The van der Waals surface area contributed by atoms with Gasteiger partial charge in [0.05, 0.1) is 0 Å². The zero-order valence-corrected chi connectivity index (χ0v) is 12.2. The lowest BCUT2D eigenvalue weighted by atomic mass is 9.95. The molecular weight excluding hydrogens is 255 g/mol. The van der Waals surface area contributed by atoms with Gasteiger partial charge in [0.1, 0.15) is 11.7 Å². The monoisotopic (exact) mass is 278 g/mol. The van der Waals surface area contributed by atoms with Crippen molar-refractivity contribution in [2.45, 2.75) is 12.8 Å². The van der Waals surface area contributed by atoms with Gasteiger partial charge in [-0.05, 0) is 51.1 Å². The van der Waals surface area contributed by atoms with Crippen molar-refractivity contribution < 1.29 is 4.39 Å². The highest BCUT2D eigenvalue weighted by molar-refractivity contribution is 6.00. The molecule has 1 saturated heterocycles. The van der Waals surface area contributed by atoms with E-state index in [1.165, 1.54) is 12.1 Å². The molecule has 1 aromatic carbocycles. The minimum atomic E-state index is -0.346. The molecule has 1 aromatic rings. The Kier molecular flexibility index (Phi) is 4.60. The van der Waals surface area contributed by atoms with Crippen LogP contribution in [0.2, 0.25) is 0 Å². The van der Waals surface area contributed by atoms with E-state index in [0.29, 0.717) is 11.5 Å². The first-order valence-electron chi connectivity index (χ1n) is 7.01. The van der Waals surface area contributed by atoms with Crippen molar-refractivity contribution in [3.63, 3.8) is 0 Å². The summed E-state index contributed by atoms with van der Waals surface area (Å²) in [7, 11) is 4.19. The van der Waals surface area contributed by atoms with Crippen LogP contribution in [0, 0.1) is 17.1 Å². The molecule has 0 amide bonds. The molecule has 2 rings (SSSR count). The molecule has 20 heavy (non-hydrogen) atoms. The van der Waals surface area contributed by atoms with E-state index in [9.17, 15) is 4.39 Å². The van der Waals surface area contributed by atoms with Crippen LogP contribution < -0.4 is 10.6 Å². The fraction of sp³-hybridized carbons (Fsp3) is 0.533. The summed E-state index contributed by atoms with van der Waals surface area (Å²) in [6.07, 6.45) is 2.24. The SMILES string of the molecule is CN(C)CC1CCN(c2ccc(F)cc2C(=N)N)CC1. The van der Waals surface area contributed by atoms with Crippen LogP contribution >= 0.6 is 0 Å². The molecule has 1 heterocycles. The lowest BCUT2D eigenvalue weighted by Gasteiger charge is -2.35. The van der Waals surface area contributed by atoms with Crippen molar-refractivity contribution in [1.82, 2.24) is 4.90 Å². The summed E-state index contributed by atoms with van der Waals surface area (Å²) >= 11 is 0. The zero-order valence-electron chi connectivity index (χ0n) is 12.2. The average molecular weight is 278 g/mol. The largest absolute Gasteiger partial charge is 0.384 e. The molecule has 0 atom stereocenters. The second-order valence-electron chi connectivity index (χ2n) is 5.77. The first kappa shape index (κ1) is 14.8. The van der Waals surface area contributed by atoms with Crippen LogP contribution in [0.15, 0.2) is 18.2 Å². The summed E-state index contributed by atoms with van der Waals surface area (Å²) in [6, 6.07) is 4.52. The van der Waals surface area contributed by atoms with E-state index in [4.69, 9.17) is 11.1 Å². The van der Waals surface area contributed by atoms with Crippen LogP contribution in [0.1, 0.15) is 18.4 Å². The van der Waals surface area contributed by atoms with Crippen LogP contribution in [-0.4, -0.2) is 44.5 Å². The second-order valence-corrected chi connectivity index (χ2v) is 5.77. The molecule has 1 fully saturated rings. The highest BCUT2D eigenvalue weighted by Crippen LogP contribution is 2.27. The summed E-state index contributed by atoms with van der Waals surface area (Å²) in [5.41, 5.74) is 6.94. The summed E-state index contributed by atoms with van der Waals surface area (Å²) in [6.45, 7) is 2.98. The lowest BCUT2D eigenvalue weighted by Crippen LogP contribution is -2.38. The Morgan fingerprint density at radius 3 is 2.60 bits per heavy atom. The van der Waals surface area contributed by atoms with Crippen LogP contribution in [-0.2, 0) is 0 Å². The Balaban J connectivity index is 2.09. The summed E-state index contributed by atoms with van der Waals surface area (Å²) in [4.78, 5) is 4.43. The molecule has 0 unspecified atom stereocenters. The van der Waals surface area contributed by atoms with Gasteiger partial charge in [0, 0.05) is 30.9 Å². The van der Waals surface area contributed by atoms with E-state index in [0.717, 1.165) is 38.2 Å². The first-order chi connectivity index (χ1) is 9.47. The third kappa shape index (κ3) is 3.48. The molecule has 110 valence electrons. The number of nitrogens with zero attached hydrogens (tertiary/aromatic N) is 2. The Labute approximate surface area is 119 Å². The third-order valence-electron chi connectivity index (χ3n) is 3.83. The van der Waals surface area contributed by atoms with Gasteiger partial charge in [-0.2, -0.15) is 0 Å². The van der Waals surface area contributed by atoms with Crippen LogP contribution in [0.25, 0.3) is 0 Å². The van der Waals surface area contributed by atoms with Gasteiger partial charge in [0.2, 0.25) is 0 Å². The van der Waals surface area contributed by atoms with Crippen molar-refractivity contribution in [2.75, 3.05) is 38.6 Å². The minimum Gasteiger partial charge on any atom is -0.384 e. The maximum absolute atomic E-state index is 13.3. The number of nitrogens with two attached hydrogens (primary N) is 1. The molecular formula is C15H23FN4. The molecule has 0 aliphatic carbocycles. The van der Waals surface area contributed by atoms with E-state index < -0.39 is 0 Å². The van der Waals surface area contributed by atoms with Crippen molar-refractivity contribution in [3.8, 4) is 0 Å². The topological polar surface area (TPSA) is 56.4 Å². The standard InChI is InChI=1S/C15H23FN4/c1-19(2)10-11-5-7-20(8-6-11)14-4-3-12(16)9-13(14)15(17)18/h3-4,9,11H,5-8,10H2,1-2H3,(H3,17,18). The molecule has 0 aromatic heterocycles. The fourth-order valence-electron chi connectivity index (χ4n) is 2.87. The summed E-state index contributed by atoms with van der Waals surface area (Å²) < 4.78 is 13.3. The van der Waals surface area contributed by atoms with E-state index in [-0.39, 0.29) is 11.7 Å². The predicted octanol–water partition coefficient (Wildman–Crippen LogP) is 1.89. The van der Waals surface area contributed by atoms with Gasteiger partial charge in [-0.25, -0.2) is 4.39 Å². The number of anilines is 1. The molecule has 5 heteroatoms. The Bertz CT molecular complexity index is 479. The Morgan fingerprint density at radius 2 is 2.05 bits per heavy atom. The molecule has 0 spiro atoms. The summed E-state index contributed by atoms with van der Waals surface area (Å²) in [5.74, 6) is 0.291. The van der Waals surface area contributed by atoms with Crippen molar-refractivity contribution in [3.05, 3.63) is 29.6 Å². The number of piperidine rings is 1. The minimum absolute atomic E-state index is 0.0742. The smallest absolute Gasteiger partial charge is 0.125 e. The van der Waals surface area contributed by atoms with E-state index >= 15 is 0 Å². The van der Waals surface area contributed by atoms with Gasteiger partial charge in [0.25, 0.3) is 0 Å². The fourth-order valence-corrected chi connectivity index (χ4v) is 2.87. The lowest BCUT2D eigenvalue weighted by molar-refractivity contribution is 0.285. The highest BCUT2D eigenvalue weighted by Gasteiger charge is 2.22. The number of amidine groups is 1. The van der Waals surface area contributed by atoms with Gasteiger partial charge in [-0.1, -0.05) is 0 Å². The molecule has 3 N–H and O–H groups in total. The predicted molar refractivity (Wildman–Crippen MR) is 80.9 cm³/mol. The quantitative estimate of drug-likeness (QED) is 0.653. The molecule has 1 aliphatic rings. The molecule has 0 radical (unpaired) electrons. The van der Waals surface area contributed by atoms with Crippen LogP contribution in [0.4, 0.5) is 10.1 Å². The van der Waals surface area contributed by atoms with Gasteiger partial charge in [-0.15, -0.1) is 0 Å². The Morgan fingerprint density at radius 1 is 1.40 bits per heavy atom. The molecule has 0 saturated carbocycles. The number of hydrogen-bond donors (Lipinski definition) is 2. The molecule has 1 aliphatic heterocycles. The van der Waals surface area contributed by atoms with Gasteiger partial charge < -0.3 is 15.5 Å². The first-order valence-corrected chi connectivity index (χ1v) is 7.01. The van der Waals surface area contributed by atoms with E-state index in [2.05, 4.69) is 23.9 Å². The number of nitrogen functional groups attached to an aromatic ring is 1. The maximum atomic E-state index is 13.3. The number of hydrogen-bond acceptors (Lipinski definition) is 3. The Hall–Kier alpha value is -1.62. The second kappa shape index (κ2) is 6.22. The van der Waals surface area contributed by atoms with E-state index in [1.54, 1.807) is 6.07 Å². The van der Waals surface area contributed by atoms with Gasteiger partial charge in [0.15, 0.2) is 0 Å². The average Bonchev–Trinajstić information content (AvgIpc) is 2.39. The van der Waals surface area contributed by atoms with Crippen LogP contribution in [0.5, 0.6) is 0 Å². The zero-order chi connectivity index (χ0) is 14.7. The van der Waals surface area contributed by atoms with Crippen molar-refractivity contribution in [2.24, 2.45) is 11.7 Å². The molecule has 4 nitrogen and oxygen atoms in total. The highest BCUT2D eigenvalue weighted by atomic mass is 19.1. The maximum Gasteiger partial charge on any atom is 0.125 e. The number of benzene rings is 1. The molecule has 0 bridgehead atoms. The third-order valence-corrected chi connectivity index (χ3v) is 3.83. The van der Waals surface area contributed by atoms with Gasteiger partial charge in [-0.3, -0.25) is 5.41 Å². The number of nitrogens with one attached hydrogen (secondary N) is 1. The van der Waals surface area contributed by atoms with Crippen molar-refractivity contribution >= 4 is 11.5 Å².